The molecule has 0 unspecified atom stereocenters. The predicted molar refractivity (Wildman–Crippen MR) is 131 cm³/mol. The molecule has 0 fully saturated rings. The van der Waals surface area contributed by atoms with Crippen molar-refractivity contribution in [3.63, 3.8) is 0 Å². The Balaban J connectivity index is 1.60. The molecule has 166 valence electrons. The number of hydrazone groups is 1. The third-order valence-corrected chi connectivity index (χ3v) is 5.43. The standard InChI is InChI=1S/C25H21BrN4O3/c1-32-22-13-10-18(14-23(22)33-2)25(31)28-27-15-19-16-30(21-6-4-3-5-7-21)29-24(19)17-8-11-20(26)12-9-17/h3-16H,1-2H3,(H,28,31)/b27-15+. The van der Waals surface area contributed by atoms with E-state index >= 15 is 0 Å². The minimum Gasteiger partial charge on any atom is -0.493 e. The van der Waals surface area contributed by atoms with Gasteiger partial charge in [-0.15, -0.1) is 0 Å². The van der Waals surface area contributed by atoms with E-state index in [1.165, 1.54) is 7.11 Å². The summed E-state index contributed by atoms with van der Waals surface area (Å²) in [7, 11) is 3.06. The van der Waals surface area contributed by atoms with Gasteiger partial charge in [0.2, 0.25) is 0 Å². The summed E-state index contributed by atoms with van der Waals surface area (Å²) < 4.78 is 13.2. The second-order valence-electron chi connectivity index (χ2n) is 6.99. The first-order valence-corrected chi connectivity index (χ1v) is 10.8. The van der Waals surface area contributed by atoms with Crippen LogP contribution in [0.1, 0.15) is 15.9 Å². The molecule has 1 aromatic heterocycles. The average Bonchev–Trinajstić information content (AvgIpc) is 3.28. The Morgan fingerprint density at radius 1 is 1.00 bits per heavy atom. The predicted octanol–water partition coefficient (Wildman–Crippen LogP) is 5.08. The van der Waals surface area contributed by atoms with Crippen molar-refractivity contribution >= 4 is 28.1 Å². The number of methoxy groups -OCH3 is 2. The van der Waals surface area contributed by atoms with Gasteiger partial charge in [0.25, 0.3) is 5.91 Å². The van der Waals surface area contributed by atoms with E-state index < -0.39 is 0 Å². The van der Waals surface area contributed by atoms with Gasteiger partial charge in [0.05, 0.1) is 26.1 Å². The lowest BCUT2D eigenvalue weighted by molar-refractivity contribution is 0.0954. The lowest BCUT2D eigenvalue weighted by Crippen LogP contribution is -2.17. The first-order valence-electron chi connectivity index (χ1n) is 10.1. The zero-order valence-electron chi connectivity index (χ0n) is 18.0. The molecule has 1 amide bonds. The van der Waals surface area contributed by atoms with Crippen LogP contribution in [0, 0.1) is 0 Å². The Kier molecular flexibility index (Phi) is 6.85. The Labute approximate surface area is 199 Å². The summed E-state index contributed by atoms with van der Waals surface area (Å²) in [5.41, 5.74) is 6.32. The molecule has 7 nitrogen and oxygen atoms in total. The number of carbonyl (C=O) groups excluding carboxylic acids is 1. The lowest BCUT2D eigenvalue weighted by atomic mass is 10.1. The molecule has 4 rings (SSSR count). The van der Waals surface area contributed by atoms with Crippen LogP contribution >= 0.6 is 15.9 Å². The van der Waals surface area contributed by atoms with Crippen LogP contribution < -0.4 is 14.9 Å². The van der Waals surface area contributed by atoms with Crippen molar-refractivity contribution in [3.8, 4) is 28.4 Å². The Hall–Kier alpha value is -3.91. The first kappa shape index (κ1) is 22.3. The highest BCUT2D eigenvalue weighted by Gasteiger charge is 2.13. The molecule has 0 radical (unpaired) electrons. The van der Waals surface area contributed by atoms with Crippen molar-refractivity contribution in [2.45, 2.75) is 0 Å². The summed E-state index contributed by atoms with van der Waals surface area (Å²) in [5.74, 6) is 0.647. The fourth-order valence-electron chi connectivity index (χ4n) is 3.23. The summed E-state index contributed by atoms with van der Waals surface area (Å²) in [6.07, 6.45) is 3.46. The second-order valence-corrected chi connectivity index (χ2v) is 7.90. The fraction of sp³-hybridized carbons (Fsp3) is 0.0800. The molecule has 33 heavy (non-hydrogen) atoms. The SMILES string of the molecule is COc1ccc(C(=O)N/N=C/c2cn(-c3ccccc3)nc2-c2ccc(Br)cc2)cc1OC. The number of nitrogens with one attached hydrogen (secondary N) is 1. The van der Waals surface area contributed by atoms with E-state index in [-0.39, 0.29) is 5.91 Å². The lowest BCUT2D eigenvalue weighted by Gasteiger charge is -2.08. The van der Waals surface area contributed by atoms with Crippen molar-refractivity contribution in [2.75, 3.05) is 14.2 Å². The molecule has 0 spiro atoms. The molecule has 1 N–H and O–H groups in total. The molecule has 3 aromatic carbocycles. The molecule has 0 aliphatic rings. The minimum atomic E-state index is -0.368. The summed E-state index contributed by atoms with van der Waals surface area (Å²) >= 11 is 3.46. The number of para-hydroxylation sites is 1. The molecular weight excluding hydrogens is 484 g/mol. The molecule has 8 heteroatoms. The van der Waals surface area contributed by atoms with E-state index in [4.69, 9.17) is 14.6 Å². The monoisotopic (exact) mass is 504 g/mol. The largest absolute Gasteiger partial charge is 0.493 e. The molecule has 0 atom stereocenters. The highest BCUT2D eigenvalue weighted by Crippen LogP contribution is 2.27. The van der Waals surface area contributed by atoms with Gasteiger partial charge in [-0.2, -0.15) is 10.2 Å². The number of hydrogen-bond donors (Lipinski definition) is 1. The number of amides is 1. The van der Waals surface area contributed by atoms with Crippen molar-refractivity contribution in [1.29, 1.82) is 0 Å². The zero-order chi connectivity index (χ0) is 23.2. The highest BCUT2D eigenvalue weighted by atomic mass is 79.9. The topological polar surface area (TPSA) is 77.7 Å². The summed E-state index contributed by atoms with van der Waals surface area (Å²) in [6, 6.07) is 22.6. The summed E-state index contributed by atoms with van der Waals surface area (Å²) in [5, 5.41) is 8.91. The maximum Gasteiger partial charge on any atom is 0.271 e. The van der Waals surface area contributed by atoms with Crippen LogP contribution in [0.25, 0.3) is 16.9 Å². The molecule has 0 bridgehead atoms. The van der Waals surface area contributed by atoms with Crippen LogP contribution in [0.2, 0.25) is 0 Å². The van der Waals surface area contributed by atoms with Crippen LogP contribution in [-0.2, 0) is 0 Å². The van der Waals surface area contributed by atoms with Gasteiger partial charge < -0.3 is 9.47 Å². The van der Waals surface area contributed by atoms with Crippen LogP contribution in [0.3, 0.4) is 0 Å². The molecule has 4 aromatic rings. The highest BCUT2D eigenvalue weighted by molar-refractivity contribution is 9.10. The van der Waals surface area contributed by atoms with Gasteiger partial charge in [-0.05, 0) is 42.5 Å². The van der Waals surface area contributed by atoms with Gasteiger partial charge in [0, 0.05) is 27.4 Å². The molecule has 0 aliphatic heterocycles. The average molecular weight is 505 g/mol. The van der Waals surface area contributed by atoms with Crippen molar-refractivity contribution in [1.82, 2.24) is 15.2 Å². The normalized spacial score (nSPS) is 10.9. The summed E-state index contributed by atoms with van der Waals surface area (Å²) in [6.45, 7) is 0. The number of carbonyl (C=O) groups is 1. The van der Waals surface area contributed by atoms with Gasteiger partial charge >= 0.3 is 0 Å². The van der Waals surface area contributed by atoms with Gasteiger partial charge in [0.1, 0.15) is 5.69 Å². The van der Waals surface area contributed by atoms with E-state index in [1.54, 1.807) is 36.2 Å². The van der Waals surface area contributed by atoms with Crippen LogP contribution in [0.15, 0.2) is 88.6 Å². The molecule has 0 aliphatic carbocycles. The van der Waals surface area contributed by atoms with E-state index in [0.717, 1.165) is 27.0 Å². The van der Waals surface area contributed by atoms with Crippen molar-refractivity contribution < 1.29 is 14.3 Å². The maximum absolute atomic E-state index is 12.6. The van der Waals surface area contributed by atoms with E-state index in [9.17, 15) is 4.79 Å². The maximum atomic E-state index is 12.6. The molecular formula is C25H21BrN4O3. The number of halogens is 1. The summed E-state index contributed by atoms with van der Waals surface area (Å²) in [4.78, 5) is 12.6. The van der Waals surface area contributed by atoms with Gasteiger partial charge in [-0.25, -0.2) is 10.1 Å². The quantitative estimate of drug-likeness (QED) is 0.281. The number of aromatic nitrogens is 2. The van der Waals surface area contributed by atoms with Crippen molar-refractivity contribution in [3.05, 3.63) is 94.6 Å². The first-order chi connectivity index (χ1) is 16.1. The van der Waals surface area contributed by atoms with E-state index in [1.807, 2.05) is 60.8 Å². The number of benzene rings is 3. The van der Waals surface area contributed by atoms with E-state index in [2.05, 4.69) is 26.5 Å². The number of rotatable bonds is 7. The zero-order valence-corrected chi connectivity index (χ0v) is 19.6. The van der Waals surface area contributed by atoms with Gasteiger partial charge in [-0.1, -0.05) is 46.3 Å². The number of hydrogen-bond acceptors (Lipinski definition) is 5. The van der Waals surface area contributed by atoms with Crippen LogP contribution in [0.4, 0.5) is 0 Å². The number of nitrogens with zero attached hydrogens (tertiary/aromatic N) is 3. The Morgan fingerprint density at radius 2 is 1.73 bits per heavy atom. The van der Waals surface area contributed by atoms with Crippen molar-refractivity contribution in [2.24, 2.45) is 5.10 Å². The molecule has 0 saturated heterocycles. The minimum absolute atomic E-state index is 0.368. The Bertz CT molecular complexity index is 1290. The molecule has 1 heterocycles. The third-order valence-electron chi connectivity index (χ3n) is 4.90. The van der Waals surface area contributed by atoms with E-state index in [0.29, 0.717) is 17.1 Å². The van der Waals surface area contributed by atoms with Gasteiger partial charge in [0.15, 0.2) is 11.5 Å². The Morgan fingerprint density at radius 3 is 2.42 bits per heavy atom. The number of ether oxygens (including phenoxy) is 2. The van der Waals surface area contributed by atoms with Gasteiger partial charge in [-0.3, -0.25) is 4.79 Å². The van der Waals surface area contributed by atoms with Crippen LogP contribution in [-0.4, -0.2) is 36.1 Å². The fourth-order valence-corrected chi connectivity index (χ4v) is 3.49. The smallest absolute Gasteiger partial charge is 0.271 e. The van der Waals surface area contributed by atoms with Crippen LogP contribution in [0.5, 0.6) is 11.5 Å². The molecule has 0 saturated carbocycles. The third kappa shape index (κ3) is 5.12. The second kappa shape index (κ2) is 10.1.